The van der Waals surface area contributed by atoms with Crippen molar-refractivity contribution >= 4 is 18.2 Å². The van der Waals surface area contributed by atoms with E-state index in [-0.39, 0.29) is 19.6 Å². The summed E-state index contributed by atoms with van der Waals surface area (Å²) < 4.78 is 10.5. The van der Waals surface area contributed by atoms with Gasteiger partial charge in [0.2, 0.25) is 0 Å². The van der Waals surface area contributed by atoms with Crippen LogP contribution in [-0.2, 0) is 20.9 Å². The van der Waals surface area contributed by atoms with Crippen LogP contribution in [0.15, 0.2) is 30.3 Å². The number of carboxylic acids is 1. The number of rotatable bonds is 8. The molecule has 1 atom stereocenters. The van der Waals surface area contributed by atoms with Crippen molar-refractivity contribution in [1.82, 2.24) is 4.90 Å². The van der Waals surface area contributed by atoms with Gasteiger partial charge in [-0.1, -0.05) is 30.3 Å². The Kier molecular flexibility index (Phi) is 8.74. The van der Waals surface area contributed by atoms with Crippen LogP contribution in [-0.4, -0.2) is 46.3 Å². The number of carbonyl (C=O) groups is 3. The number of amides is 2. The molecule has 0 bridgehead atoms. The maximum absolute atomic E-state index is 12.4. The molecule has 0 saturated carbocycles. The number of ether oxygens (including phenoxy) is 2. The first kappa shape index (κ1) is 22.4. The summed E-state index contributed by atoms with van der Waals surface area (Å²) in [5.74, 6) is -1.08. The fraction of sp³-hybridized carbons (Fsp3) is 0.526. The molecule has 1 aromatic carbocycles. The second-order valence-corrected chi connectivity index (χ2v) is 7.11. The van der Waals surface area contributed by atoms with Crippen LogP contribution >= 0.6 is 0 Å². The molecule has 0 aromatic heterocycles. The van der Waals surface area contributed by atoms with Gasteiger partial charge >= 0.3 is 18.2 Å². The number of nitrogens with zero attached hydrogens (tertiary/aromatic N) is 1. The van der Waals surface area contributed by atoms with E-state index in [4.69, 9.17) is 20.3 Å². The molecule has 0 spiro atoms. The van der Waals surface area contributed by atoms with E-state index < -0.39 is 29.8 Å². The molecule has 0 aliphatic carbocycles. The number of hydrogen-bond acceptors (Lipinski definition) is 6. The van der Waals surface area contributed by atoms with Gasteiger partial charge in [0.25, 0.3) is 0 Å². The predicted molar refractivity (Wildman–Crippen MR) is 99.0 cm³/mol. The first-order valence-corrected chi connectivity index (χ1v) is 8.79. The number of aliphatic carboxylic acids is 1. The fourth-order valence-electron chi connectivity index (χ4n) is 2.13. The largest absolute Gasteiger partial charge is 0.480 e. The molecule has 3 N–H and O–H groups in total. The van der Waals surface area contributed by atoms with E-state index in [2.05, 4.69) is 0 Å². The van der Waals surface area contributed by atoms with E-state index >= 15 is 0 Å². The van der Waals surface area contributed by atoms with Crippen molar-refractivity contribution in [2.24, 2.45) is 5.73 Å². The first-order valence-electron chi connectivity index (χ1n) is 8.79. The molecule has 2 amide bonds. The Morgan fingerprint density at radius 2 is 1.74 bits per heavy atom. The van der Waals surface area contributed by atoms with Crippen molar-refractivity contribution in [2.75, 3.05) is 6.54 Å². The van der Waals surface area contributed by atoms with Gasteiger partial charge in [0.15, 0.2) is 0 Å². The summed E-state index contributed by atoms with van der Waals surface area (Å²) in [4.78, 5) is 36.3. The van der Waals surface area contributed by atoms with E-state index in [9.17, 15) is 14.4 Å². The van der Waals surface area contributed by atoms with E-state index in [1.807, 2.05) is 18.2 Å². The lowest BCUT2D eigenvalue weighted by atomic mass is 10.1. The van der Waals surface area contributed by atoms with E-state index in [1.54, 1.807) is 32.9 Å². The lowest BCUT2D eigenvalue weighted by Gasteiger charge is -2.25. The number of benzene rings is 1. The molecule has 8 heteroatoms. The van der Waals surface area contributed by atoms with Crippen LogP contribution in [0.25, 0.3) is 0 Å². The Morgan fingerprint density at radius 1 is 1.11 bits per heavy atom. The van der Waals surface area contributed by atoms with Gasteiger partial charge in [-0.15, -0.1) is 0 Å². The average Bonchev–Trinajstić information content (AvgIpc) is 2.58. The smallest absolute Gasteiger partial charge is 0.419 e. The highest BCUT2D eigenvalue weighted by Gasteiger charge is 2.28. The summed E-state index contributed by atoms with van der Waals surface area (Å²) in [6.07, 6.45) is -0.533. The second kappa shape index (κ2) is 10.5. The molecule has 0 saturated heterocycles. The predicted octanol–water partition coefficient (Wildman–Crippen LogP) is 3.14. The van der Waals surface area contributed by atoms with Crippen molar-refractivity contribution in [1.29, 1.82) is 0 Å². The third-order valence-electron chi connectivity index (χ3n) is 3.50. The van der Waals surface area contributed by atoms with Gasteiger partial charge in [0.05, 0.1) is 0 Å². The molecular formula is C19H28N2O6. The molecule has 0 aliphatic heterocycles. The third kappa shape index (κ3) is 9.05. The van der Waals surface area contributed by atoms with Crippen molar-refractivity contribution in [3.8, 4) is 0 Å². The highest BCUT2D eigenvalue weighted by molar-refractivity contribution is 5.87. The summed E-state index contributed by atoms with van der Waals surface area (Å²) in [7, 11) is 0. The van der Waals surface area contributed by atoms with E-state index in [0.29, 0.717) is 12.8 Å². The molecule has 0 aliphatic rings. The number of carboxylic acid groups (broad SMARTS) is 1. The Labute approximate surface area is 159 Å². The van der Waals surface area contributed by atoms with Gasteiger partial charge in [-0.2, -0.15) is 0 Å². The Hall–Kier alpha value is -2.61. The normalized spacial score (nSPS) is 12.1. The SMILES string of the molecule is CC(C)(C)OC(=O)N(CCCCC(N)C(=O)O)C(=O)OCc1ccccc1. The van der Waals surface area contributed by atoms with Crippen molar-refractivity contribution in [3.05, 3.63) is 35.9 Å². The minimum Gasteiger partial charge on any atom is -0.480 e. The van der Waals surface area contributed by atoms with Crippen LogP contribution in [0.2, 0.25) is 0 Å². The van der Waals surface area contributed by atoms with Gasteiger partial charge in [0.1, 0.15) is 18.2 Å². The molecule has 0 radical (unpaired) electrons. The average molecular weight is 380 g/mol. The van der Waals surface area contributed by atoms with Crippen LogP contribution in [0.5, 0.6) is 0 Å². The first-order chi connectivity index (χ1) is 12.6. The Morgan fingerprint density at radius 3 is 2.30 bits per heavy atom. The minimum absolute atomic E-state index is 0.0306. The third-order valence-corrected chi connectivity index (χ3v) is 3.50. The van der Waals surface area contributed by atoms with Gasteiger partial charge in [-0.05, 0) is 45.6 Å². The fourth-order valence-corrected chi connectivity index (χ4v) is 2.13. The zero-order chi connectivity index (χ0) is 20.4. The van der Waals surface area contributed by atoms with Gasteiger partial charge < -0.3 is 20.3 Å². The standard InChI is InChI=1S/C19H28N2O6/c1-19(2,3)27-18(25)21(12-8-7-11-15(20)16(22)23)17(24)26-13-14-9-5-4-6-10-14/h4-6,9-10,15H,7-8,11-13,20H2,1-3H3,(H,22,23). The highest BCUT2D eigenvalue weighted by atomic mass is 16.6. The maximum Gasteiger partial charge on any atom is 0.419 e. The molecular weight excluding hydrogens is 352 g/mol. The van der Waals surface area contributed by atoms with Crippen molar-refractivity contribution in [2.45, 2.75) is 58.3 Å². The molecule has 27 heavy (non-hydrogen) atoms. The number of imide groups is 1. The summed E-state index contributed by atoms with van der Waals surface area (Å²) in [6.45, 7) is 5.18. The molecule has 150 valence electrons. The quantitative estimate of drug-likeness (QED) is 0.665. The monoisotopic (exact) mass is 380 g/mol. The van der Waals surface area contributed by atoms with Crippen LogP contribution < -0.4 is 5.73 Å². The number of hydrogen-bond donors (Lipinski definition) is 2. The molecule has 1 aromatic rings. The number of nitrogens with two attached hydrogens (primary N) is 1. The van der Waals surface area contributed by atoms with Gasteiger partial charge in [0, 0.05) is 6.54 Å². The Bertz CT molecular complexity index is 627. The molecule has 1 unspecified atom stereocenters. The lowest BCUT2D eigenvalue weighted by Crippen LogP contribution is -2.41. The molecule has 1 rings (SSSR count). The minimum atomic E-state index is -1.08. The van der Waals surface area contributed by atoms with Crippen LogP contribution in [0.3, 0.4) is 0 Å². The Balaban J connectivity index is 2.64. The molecule has 8 nitrogen and oxygen atoms in total. The van der Waals surface area contributed by atoms with E-state index in [1.165, 1.54) is 0 Å². The van der Waals surface area contributed by atoms with Crippen LogP contribution in [0.1, 0.15) is 45.6 Å². The van der Waals surface area contributed by atoms with Crippen molar-refractivity contribution in [3.63, 3.8) is 0 Å². The van der Waals surface area contributed by atoms with Crippen LogP contribution in [0, 0.1) is 0 Å². The van der Waals surface area contributed by atoms with Gasteiger partial charge in [-0.3, -0.25) is 4.79 Å². The number of unbranched alkanes of at least 4 members (excludes halogenated alkanes) is 1. The van der Waals surface area contributed by atoms with Gasteiger partial charge in [-0.25, -0.2) is 14.5 Å². The number of carbonyl (C=O) groups excluding carboxylic acids is 2. The zero-order valence-corrected chi connectivity index (χ0v) is 16.0. The second-order valence-electron chi connectivity index (χ2n) is 7.11. The summed E-state index contributed by atoms with van der Waals surface area (Å²) in [5, 5.41) is 8.79. The topological polar surface area (TPSA) is 119 Å². The van der Waals surface area contributed by atoms with Crippen molar-refractivity contribution < 1.29 is 29.0 Å². The lowest BCUT2D eigenvalue weighted by molar-refractivity contribution is -0.138. The highest BCUT2D eigenvalue weighted by Crippen LogP contribution is 2.13. The van der Waals surface area contributed by atoms with Crippen LogP contribution in [0.4, 0.5) is 9.59 Å². The zero-order valence-electron chi connectivity index (χ0n) is 16.0. The maximum atomic E-state index is 12.4. The summed E-state index contributed by atoms with van der Waals surface area (Å²) in [5.41, 5.74) is 5.48. The summed E-state index contributed by atoms with van der Waals surface area (Å²) in [6, 6.07) is 8.13. The van der Waals surface area contributed by atoms with E-state index in [0.717, 1.165) is 10.5 Å². The summed E-state index contributed by atoms with van der Waals surface area (Å²) >= 11 is 0. The molecule has 0 fully saturated rings. The molecule has 0 heterocycles.